The van der Waals surface area contributed by atoms with E-state index in [-0.39, 0.29) is 0 Å². The first-order valence-electron chi connectivity index (χ1n) is 7.35. The molecule has 0 saturated heterocycles. The van der Waals surface area contributed by atoms with E-state index in [0.29, 0.717) is 0 Å². The van der Waals surface area contributed by atoms with Crippen LogP contribution in [0, 0.1) is 11.8 Å². The van der Waals surface area contributed by atoms with Gasteiger partial charge in [-0.1, -0.05) is 46.3 Å². The van der Waals surface area contributed by atoms with E-state index in [1.807, 2.05) is 27.7 Å². The lowest BCUT2D eigenvalue weighted by atomic mass is 9.94. The van der Waals surface area contributed by atoms with Gasteiger partial charge in [-0.15, -0.1) is 0 Å². The quantitative estimate of drug-likeness (QED) is 0.505. The molecule has 3 rings (SSSR count). The second-order valence-electron chi connectivity index (χ2n) is 4.51. The summed E-state index contributed by atoms with van der Waals surface area (Å²) in [6.07, 6.45) is 13.7. The van der Waals surface area contributed by atoms with Gasteiger partial charge in [0.2, 0.25) is 0 Å². The van der Waals surface area contributed by atoms with Crippen LogP contribution in [-0.2, 0) is 0 Å². The van der Waals surface area contributed by atoms with Crippen molar-refractivity contribution in [3.63, 3.8) is 0 Å². The van der Waals surface area contributed by atoms with Crippen molar-refractivity contribution in [2.45, 2.75) is 66.2 Å². The van der Waals surface area contributed by atoms with Crippen LogP contribution >= 0.6 is 0 Å². The van der Waals surface area contributed by atoms with Crippen LogP contribution in [0.2, 0.25) is 0 Å². The van der Waals surface area contributed by atoms with Crippen molar-refractivity contribution in [3.8, 4) is 0 Å². The zero-order valence-corrected chi connectivity index (χ0v) is 11.6. The Morgan fingerprint density at radius 2 is 1.19 bits per heavy atom. The third-order valence-corrected chi connectivity index (χ3v) is 3.53. The predicted octanol–water partition coefficient (Wildman–Crippen LogP) is 5.51. The van der Waals surface area contributed by atoms with E-state index in [1.54, 1.807) is 11.1 Å². The zero-order chi connectivity index (χ0) is 12.0. The molecular formula is C16H28. The molecule has 2 atom stereocenters. The largest absolute Gasteiger partial charge is 0.0773 e. The molecule has 0 N–H and O–H groups in total. The number of rotatable bonds is 0. The Balaban J connectivity index is 0.000000291. The fraction of sp³-hybridized carbons (Fsp3) is 0.750. The number of allylic oxidation sites excluding steroid dienone is 4. The maximum absolute atomic E-state index is 2.57. The Labute approximate surface area is 102 Å². The summed E-state index contributed by atoms with van der Waals surface area (Å²) in [5.41, 5.74) is 3.43. The summed E-state index contributed by atoms with van der Waals surface area (Å²) in [7, 11) is 0. The van der Waals surface area contributed by atoms with Crippen LogP contribution in [0.1, 0.15) is 66.2 Å². The molecule has 3 aliphatic carbocycles. The minimum atomic E-state index is 0.960. The van der Waals surface area contributed by atoms with Crippen LogP contribution in [0.5, 0.6) is 0 Å². The van der Waals surface area contributed by atoms with Crippen molar-refractivity contribution >= 4 is 0 Å². The van der Waals surface area contributed by atoms with Gasteiger partial charge >= 0.3 is 0 Å². The predicted molar refractivity (Wildman–Crippen MR) is 73.5 cm³/mol. The van der Waals surface area contributed by atoms with Gasteiger partial charge in [-0.2, -0.15) is 0 Å². The normalized spacial score (nSPS) is 29.8. The van der Waals surface area contributed by atoms with E-state index in [9.17, 15) is 0 Å². The molecule has 0 aromatic carbocycles. The molecule has 2 saturated carbocycles. The molecule has 0 aromatic rings. The SMILES string of the molecule is C1=C2CCCCCC2=CC2CC12.CC.CC. The van der Waals surface area contributed by atoms with Crippen molar-refractivity contribution in [2.75, 3.05) is 0 Å². The van der Waals surface area contributed by atoms with Crippen molar-refractivity contribution in [2.24, 2.45) is 11.8 Å². The molecule has 0 aromatic heterocycles. The van der Waals surface area contributed by atoms with E-state index in [1.165, 1.54) is 38.5 Å². The average Bonchev–Trinajstić information content (AvgIpc) is 3.13. The molecule has 2 fully saturated rings. The second-order valence-corrected chi connectivity index (χ2v) is 4.51. The molecule has 0 nitrogen and oxygen atoms in total. The van der Waals surface area contributed by atoms with Crippen LogP contribution in [0.4, 0.5) is 0 Å². The van der Waals surface area contributed by atoms with Crippen LogP contribution in [0.15, 0.2) is 23.3 Å². The second kappa shape index (κ2) is 6.93. The topological polar surface area (TPSA) is 0 Å². The summed E-state index contributed by atoms with van der Waals surface area (Å²) in [5, 5.41) is 0. The number of hydrogen-bond donors (Lipinski definition) is 0. The molecule has 0 aliphatic heterocycles. The lowest BCUT2D eigenvalue weighted by molar-refractivity contribution is 0.719. The Bertz CT molecular complexity index is 231. The molecular weight excluding hydrogens is 192 g/mol. The molecule has 0 spiro atoms. The smallest absolute Gasteiger partial charge is 0.0158 e. The van der Waals surface area contributed by atoms with Gasteiger partial charge in [0, 0.05) is 0 Å². The zero-order valence-electron chi connectivity index (χ0n) is 11.6. The number of fused-ring (bicyclic) bond motifs is 2. The van der Waals surface area contributed by atoms with Gasteiger partial charge in [-0.25, -0.2) is 0 Å². The summed E-state index contributed by atoms with van der Waals surface area (Å²) < 4.78 is 0. The van der Waals surface area contributed by atoms with Gasteiger partial charge in [0.25, 0.3) is 0 Å². The van der Waals surface area contributed by atoms with E-state index < -0.39 is 0 Å². The fourth-order valence-electron chi connectivity index (χ4n) is 2.65. The molecule has 0 amide bonds. The fourth-order valence-corrected chi connectivity index (χ4v) is 2.65. The first-order valence-corrected chi connectivity index (χ1v) is 7.35. The van der Waals surface area contributed by atoms with Gasteiger partial charge in [-0.05, 0) is 55.1 Å². The van der Waals surface area contributed by atoms with Crippen LogP contribution in [-0.4, -0.2) is 0 Å². The average molecular weight is 220 g/mol. The maximum atomic E-state index is 2.57. The molecule has 92 valence electrons. The van der Waals surface area contributed by atoms with Crippen molar-refractivity contribution < 1.29 is 0 Å². The van der Waals surface area contributed by atoms with Crippen molar-refractivity contribution in [3.05, 3.63) is 23.3 Å². The highest BCUT2D eigenvalue weighted by atomic mass is 14.4. The standard InChI is InChI=1S/C12H16.2C2H6/c1-2-4-9-6-11-8-12(11)7-10(9)5-3-1;2*1-2/h6-7,11-12H,1-5,8H2;2*1-2H3. The maximum Gasteiger partial charge on any atom is -0.0158 e. The minimum Gasteiger partial charge on any atom is -0.0773 e. The third kappa shape index (κ3) is 3.23. The first kappa shape index (κ1) is 13.5. The Hall–Kier alpha value is -0.520. The third-order valence-electron chi connectivity index (χ3n) is 3.53. The number of hydrogen-bond acceptors (Lipinski definition) is 0. The van der Waals surface area contributed by atoms with Gasteiger partial charge in [0.05, 0.1) is 0 Å². The molecule has 16 heavy (non-hydrogen) atoms. The molecule has 0 radical (unpaired) electrons. The highest BCUT2D eigenvalue weighted by Gasteiger charge is 2.37. The molecule has 0 heterocycles. The van der Waals surface area contributed by atoms with Crippen molar-refractivity contribution in [1.29, 1.82) is 0 Å². The summed E-state index contributed by atoms with van der Waals surface area (Å²) >= 11 is 0. The van der Waals surface area contributed by atoms with E-state index in [2.05, 4.69) is 12.2 Å². The van der Waals surface area contributed by atoms with Crippen LogP contribution in [0.25, 0.3) is 0 Å². The van der Waals surface area contributed by atoms with Gasteiger partial charge in [0.15, 0.2) is 0 Å². The summed E-state index contributed by atoms with van der Waals surface area (Å²) in [6, 6.07) is 0. The highest BCUT2D eigenvalue weighted by molar-refractivity contribution is 5.39. The van der Waals surface area contributed by atoms with Crippen LogP contribution < -0.4 is 0 Å². The monoisotopic (exact) mass is 220 g/mol. The molecule has 0 heteroatoms. The van der Waals surface area contributed by atoms with Gasteiger partial charge < -0.3 is 0 Å². The summed E-state index contributed by atoms with van der Waals surface area (Å²) in [5.74, 6) is 1.92. The minimum absolute atomic E-state index is 0.960. The summed E-state index contributed by atoms with van der Waals surface area (Å²) in [6.45, 7) is 8.00. The highest BCUT2D eigenvalue weighted by Crippen LogP contribution is 2.48. The Kier molecular flexibility index (Phi) is 5.87. The van der Waals surface area contributed by atoms with Gasteiger partial charge in [0.1, 0.15) is 0 Å². The van der Waals surface area contributed by atoms with E-state index >= 15 is 0 Å². The van der Waals surface area contributed by atoms with E-state index in [4.69, 9.17) is 0 Å². The van der Waals surface area contributed by atoms with Gasteiger partial charge in [-0.3, -0.25) is 0 Å². The lowest BCUT2D eigenvalue weighted by Crippen LogP contribution is -1.94. The lowest BCUT2D eigenvalue weighted by Gasteiger charge is -2.11. The molecule has 3 aliphatic rings. The Morgan fingerprint density at radius 1 is 0.750 bits per heavy atom. The Morgan fingerprint density at radius 3 is 1.62 bits per heavy atom. The molecule has 2 unspecified atom stereocenters. The van der Waals surface area contributed by atoms with E-state index in [0.717, 1.165) is 11.8 Å². The van der Waals surface area contributed by atoms with Crippen LogP contribution in [0.3, 0.4) is 0 Å². The first-order chi connectivity index (χ1) is 7.93. The molecule has 0 bridgehead atoms. The summed E-state index contributed by atoms with van der Waals surface area (Å²) in [4.78, 5) is 0. The van der Waals surface area contributed by atoms with Crippen molar-refractivity contribution in [1.82, 2.24) is 0 Å².